The van der Waals surface area contributed by atoms with Crippen molar-refractivity contribution in [3.63, 3.8) is 0 Å². The van der Waals surface area contributed by atoms with Crippen LogP contribution in [0.1, 0.15) is 47.2 Å². The average molecular weight is 467 g/mol. The van der Waals surface area contributed by atoms with Crippen molar-refractivity contribution in [2.24, 2.45) is 0 Å². The summed E-state index contributed by atoms with van der Waals surface area (Å²) in [5, 5.41) is 4.00. The Hall–Kier alpha value is -3.39. The first-order valence-electron chi connectivity index (χ1n) is 11.5. The molecule has 0 N–H and O–H groups in total. The van der Waals surface area contributed by atoms with Crippen LogP contribution in [0, 0.1) is 5.82 Å². The van der Waals surface area contributed by atoms with Crippen LogP contribution in [0.4, 0.5) is 10.1 Å². The first-order chi connectivity index (χ1) is 16.6. The van der Waals surface area contributed by atoms with Crippen LogP contribution in [0.3, 0.4) is 0 Å². The lowest BCUT2D eigenvalue weighted by Crippen LogP contribution is -2.36. The molecule has 0 radical (unpaired) electrons. The number of ether oxygens (including phenoxy) is 3. The number of anilines is 1. The zero-order valence-electron chi connectivity index (χ0n) is 19.0. The van der Waals surface area contributed by atoms with Crippen LogP contribution in [-0.4, -0.2) is 44.5 Å². The van der Waals surface area contributed by atoms with Gasteiger partial charge < -0.3 is 23.6 Å². The van der Waals surface area contributed by atoms with E-state index >= 15 is 0 Å². The van der Waals surface area contributed by atoms with Crippen molar-refractivity contribution >= 4 is 11.7 Å². The third-order valence-corrected chi connectivity index (χ3v) is 6.58. The van der Waals surface area contributed by atoms with E-state index in [0.717, 1.165) is 42.7 Å². The van der Waals surface area contributed by atoms with E-state index < -0.39 is 0 Å². The van der Waals surface area contributed by atoms with Gasteiger partial charge in [-0.05, 0) is 48.2 Å². The van der Waals surface area contributed by atoms with E-state index in [-0.39, 0.29) is 30.2 Å². The Morgan fingerprint density at radius 3 is 2.68 bits per heavy atom. The van der Waals surface area contributed by atoms with E-state index in [4.69, 9.17) is 18.7 Å². The molecular weight excluding hydrogens is 439 g/mol. The first-order valence-corrected chi connectivity index (χ1v) is 11.5. The lowest BCUT2D eigenvalue weighted by atomic mass is 9.92. The molecule has 8 heteroatoms. The molecule has 3 aromatic rings. The number of rotatable bonds is 7. The summed E-state index contributed by atoms with van der Waals surface area (Å²) < 4.78 is 36.4. The van der Waals surface area contributed by atoms with Gasteiger partial charge in [-0.2, -0.15) is 0 Å². The van der Waals surface area contributed by atoms with Crippen LogP contribution in [0.15, 0.2) is 53.3 Å². The lowest BCUT2D eigenvalue weighted by molar-refractivity contribution is -0.140. The molecule has 0 spiro atoms. The van der Waals surface area contributed by atoms with Crippen LogP contribution in [-0.2, 0) is 20.7 Å². The molecule has 34 heavy (non-hydrogen) atoms. The SMILES string of the molecule is COC(=O)CC(c1ccc(O[C@@H]2CCc3c(N4CCOCC4)ccc(F)c32)cc1)c1ccon1. The van der Waals surface area contributed by atoms with E-state index in [1.54, 1.807) is 12.1 Å². The quantitative estimate of drug-likeness (QED) is 0.478. The number of esters is 1. The summed E-state index contributed by atoms with van der Waals surface area (Å²) in [7, 11) is 1.36. The molecule has 1 aromatic heterocycles. The van der Waals surface area contributed by atoms with E-state index in [1.807, 2.05) is 30.3 Å². The Bertz CT molecular complexity index is 1130. The number of carbonyl (C=O) groups is 1. The number of methoxy groups -OCH3 is 1. The number of nitrogens with zero attached hydrogens (tertiary/aromatic N) is 2. The van der Waals surface area contributed by atoms with Crippen LogP contribution in [0.25, 0.3) is 0 Å². The fourth-order valence-corrected chi connectivity index (χ4v) is 4.86. The van der Waals surface area contributed by atoms with Gasteiger partial charge in [-0.25, -0.2) is 4.39 Å². The topological polar surface area (TPSA) is 74.0 Å². The number of fused-ring (bicyclic) bond motifs is 1. The van der Waals surface area contributed by atoms with Gasteiger partial charge in [0.25, 0.3) is 0 Å². The van der Waals surface area contributed by atoms with E-state index in [2.05, 4.69) is 10.1 Å². The molecule has 7 nitrogen and oxygen atoms in total. The summed E-state index contributed by atoms with van der Waals surface area (Å²) in [6.45, 7) is 2.99. The van der Waals surface area contributed by atoms with Crippen molar-refractivity contribution < 1.29 is 27.9 Å². The van der Waals surface area contributed by atoms with Crippen molar-refractivity contribution in [2.75, 3.05) is 38.3 Å². The Morgan fingerprint density at radius 1 is 1.18 bits per heavy atom. The summed E-state index contributed by atoms with van der Waals surface area (Å²) in [4.78, 5) is 14.2. The highest BCUT2D eigenvalue weighted by atomic mass is 19.1. The normalized spacial score (nSPS) is 18.4. The van der Waals surface area contributed by atoms with Crippen molar-refractivity contribution in [1.29, 1.82) is 0 Å². The predicted octanol–water partition coefficient (Wildman–Crippen LogP) is 4.41. The molecule has 2 atom stereocenters. The smallest absolute Gasteiger partial charge is 0.306 e. The number of morpholine rings is 1. The first kappa shape index (κ1) is 22.4. The fraction of sp³-hybridized carbons (Fsp3) is 0.385. The van der Waals surface area contributed by atoms with E-state index in [1.165, 1.54) is 13.4 Å². The van der Waals surface area contributed by atoms with Gasteiger partial charge in [0.2, 0.25) is 0 Å². The summed E-state index contributed by atoms with van der Waals surface area (Å²) in [6.07, 6.45) is 2.78. The monoisotopic (exact) mass is 466 g/mol. The number of benzene rings is 2. The van der Waals surface area contributed by atoms with Crippen molar-refractivity contribution in [3.8, 4) is 5.75 Å². The molecule has 178 valence electrons. The van der Waals surface area contributed by atoms with Crippen molar-refractivity contribution in [3.05, 3.63) is 76.9 Å². The predicted molar refractivity (Wildman–Crippen MR) is 123 cm³/mol. The maximum Gasteiger partial charge on any atom is 0.306 e. The second-order valence-electron chi connectivity index (χ2n) is 8.53. The Morgan fingerprint density at radius 2 is 1.97 bits per heavy atom. The Labute approximate surface area is 197 Å². The second kappa shape index (κ2) is 9.85. The number of hydrogen-bond acceptors (Lipinski definition) is 7. The molecule has 2 aliphatic rings. The van der Waals surface area contributed by atoms with Gasteiger partial charge in [0.05, 0.1) is 32.4 Å². The summed E-state index contributed by atoms with van der Waals surface area (Å²) in [6, 6.07) is 12.7. The molecule has 0 saturated carbocycles. The van der Waals surface area contributed by atoms with E-state index in [9.17, 15) is 9.18 Å². The zero-order valence-corrected chi connectivity index (χ0v) is 19.0. The minimum atomic E-state index is -0.344. The minimum absolute atomic E-state index is 0.148. The zero-order chi connectivity index (χ0) is 23.5. The highest BCUT2D eigenvalue weighted by molar-refractivity contribution is 5.71. The number of halogens is 1. The summed E-state index contributed by atoms with van der Waals surface area (Å²) in [5.74, 6) is -0.200. The Kier molecular flexibility index (Phi) is 6.49. The molecule has 2 heterocycles. The van der Waals surface area contributed by atoms with Gasteiger partial charge in [-0.15, -0.1) is 0 Å². The summed E-state index contributed by atoms with van der Waals surface area (Å²) in [5.41, 5.74) is 4.31. The molecule has 1 aliphatic heterocycles. The van der Waals surface area contributed by atoms with E-state index in [0.29, 0.717) is 30.2 Å². The van der Waals surface area contributed by atoms with Crippen LogP contribution in [0.5, 0.6) is 5.75 Å². The number of aromatic nitrogens is 1. The highest BCUT2D eigenvalue weighted by Gasteiger charge is 2.32. The largest absolute Gasteiger partial charge is 0.486 e. The third kappa shape index (κ3) is 4.50. The van der Waals surface area contributed by atoms with Gasteiger partial charge in [0.15, 0.2) is 0 Å². The van der Waals surface area contributed by atoms with Crippen LogP contribution in [0.2, 0.25) is 0 Å². The lowest BCUT2D eigenvalue weighted by Gasteiger charge is -2.30. The molecule has 1 unspecified atom stereocenters. The van der Waals surface area contributed by atoms with Gasteiger partial charge in [-0.3, -0.25) is 4.79 Å². The van der Waals surface area contributed by atoms with Gasteiger partial charge >= 0.3 is 5.97 Å². The molecule has 1 fully saturated rings. The Balaban J connectivity index is 1.35. The molecule has 5 rings (SSSR count). The summed E-state index contributed by atoms with van der Waals surface area (Å²) >= 11 is 0. The van der Waals surface area contributed by atoms with Gasteiger partial charge in [0.1, 0.15) is 23.9 Å². The highest BCUT2D eigenvalue weighted by Crippen LogP contribution is 2.42. The minimum Gasteiger partial charge on any atom is -0.486 e. The number of hydrogen-bond donors (Lipinski definition) is 0. The molecular formula is C26H27FN2O5. The van der Waals surface area contributed by atoms with Gasteiger partial charge in [0, 0.05) is 36.3 Å². The average Bonchev–Trinajstić information content (AvgIpc) is 3.55. The van der Waals surface area contributed by atoms with Crippen LogP contribution < -0.4 is 9.64 Å². The van der Waals surface area contributed by atoms with Crippen molar-refractivity contribution in [2.45, 2.75) is 31.3 Å². The molecule has 1 aliphatic carbocycles. The molecule has 1 saturated heterocycles. The van der Waals surface area contributed by atoms with Crippen molar-refractivity contribution in [1.82, 2.24) is 5.16 Å². The second-order valence-corrected chi connectivity index (χ2v) is 8.53. The van der Waals surface area contributed by atoms with Crippen LogP contribution >= 0.6 is 0 Å². The number of carbonyl (C=O) groups excluding carboxylic acids is 1. The van der Waals surface area contributed by atoms with Gasteiger partial charge in [-0.1, -0.05) is 17.3 Å². The standard InChI is InChI=1S/C26H27FN2O5/c1-31-25(30)16-20(22-10-13-33-28-22)17-2-4-18(5-3-17)34-24-9-6-19-23(8-7-21(27)26(19)24)29-11-14-32-15-12-29/h2-5,7-8,10,13,20,24H,6,9,11-12,14-16H2,1H3/t20?,24-/m1/s1. The maximum atomic E-state index is 14.9. The fourth-order valence-electron chi connectivity index (χ4n) is 4.86. The molecule has 0 bridgehead atoms. The third-order valence-electron chi connectivity index (χ3n) is 6.58. The molecule has 2 aromatic carbocycles. The maximum absolute atomic E-state index is 14.9. The molecule has 0 amide bonds.